The van der Waals surface area contributed by atoms with Gasteiger partial charge in [-0.25, -0.2) is 9.69 Å². The lowest BCUT2D eigenvalue weighted by Crippen LogP contribution is -2.30. The highest BCUT2D eigenvalue weighted by atomic mass is 32.1. The molecule has 1 aliphatic rings. The minimum absolute atomic E-state index is 0.151. The van der Waals surface area contributed by atoms with Crippen LogP contribution < -0.4 is 10.2 Å². The summed E-state index contributed by atoms with van der Waals surface area (Å²) in [6, 6.07) is 13.4. The first-order valence-corrected chi connectivity index (χ1v) is 10.0. The summed E-state index contributed by atoms with van der Waals surface area (Å²) in [4.78, 5) is 50.3. The molecule has 0 radical (unpaired) electrons. The number of thiophene rings is 1. The number of rotatable bonds is 6. The molecule has 0 atom stereocenters. The summed E-state index contributed by atoms with van der Waals surface area (Å²) < 4.78 is 5.22. The maximum absolute atomic E-state index is 12.9. The molecule has 150 valence electrons. The fourth-order valence-corrected chi connectivity index (χ4v) is 4.38. The van der Waals surface area contributed by atoms with Crippen molar-refractivity contribution >= 4 is 46.2 Å². The lowest BCUT2D eigenvalue weighted by atomic mass is 10.0. The molecule has 30 heavy (non-hydrogen) atoms. The van der Waals surface area contributed by atoms with Gasteiger partial charge in [0.1, 0.15) is 10.6 Å². The number of esters is 1. The van der Waals surface area contributed by atoms with Crippen molar-refractivity contribution in [2.75, 3.05) is 16.8 Å². The Bertz CT molecular complexity index is 1130. The van der Waals surface area contributed by atoms with E-state index in [2.05, 4.69) is 5.32 Å². The number of carbonyl (C=O) groups is 4. The van der Waals surface area contributed by atoms with Crippen LogP contribution in [0.25, 0.3) is 11.1 Å². The number of ether oxygens (including phenoxy) is 1. The quantitative estimate of drug-likeness (QED) is 0.370. The molecule has 0 saturated heterocycles. The van der Waals surface area contributed by atoms with Crippen molar-refractivity contribution in [2.24, 2.45) is 0 Å². The highest BCUT2D eigenvalue weighted by Gasteiger charge is 2.40. The van der Waals surface area contributed by atoms with Crippen molar-refractivity contribution in [3.05, 3.63) is 70.6 Å². The van der Waals surface area contributed by atoms with Crippen LogP contribution in [-0.2, 0) is 9.53 Å². The molecule has 8 heteroatoms. The second-order valence-corrected chi connectivity index (χ2v) is 7.24. The van der Waals surface area contributed by atoms with Crippen molar-refractivity contribution in [3.63, 3.8) is 0 Å². The number of hydrogen-bond acceptors (Lipinski definition) is 6. The van der Waals surface area contributed by atoms with Crippen molar-refractivity contribution in [1.82, 2.24) is 0 Å². The number of amides is 3. The fourth-order valence-electron chi connectivity index (χ4n) is 3.31. The number of fused-ring (bicyclic) bond motifs is 1. The lowest BCUT2D eigenvalue weighted by molar-refractivity contribution is -0.105. The van der Waals surface area contributed by atoms with E-state index in [0.717, 1.165) is 16.2 Å². The van der Waals surface area contributed by atoms with Crippen LogP contribution in [0.2, 0.25) is 0 Å². The van der Waals surface area contributed by atoms with Crippen molar-refractivity contribution in [1.29, 1.82) is 0 Å². The zero-order chi connectivity index (χ0) is 21.3. The van der Waals surface area contributed by atoms with Gasteiger partial charge in [0.25, 0.3) is 11.8 Å². The van der Waals surface area contributed by atoms with Gasteiger partial charge in [0.15, 0.2) is 0 Å². The first-order valence-electron chi connectivity index (χ1n) is 9.13. The maximum Gasteiger partial charge on any atom is 0.341 e. The minimum Gasteiger partial charge on any atom is -0.462 e. The molecule has 0 unspecified atom stereocenters. The van der Waals surface area contributed by atoms with E-state index in [0.29, 0.717) is 34.4 Å². The van der Waals surface area contributed by atoms with Gasteiger partial charge in [-0.2, -0.15) is 0 Å². The molecule has 0 bridgehead atoms. The first-order chi connectivity index (χ1) is 14.6. The first kappa shape index (κ1) is 19.5. The van der Waals surface area contributed by atoms with Gasteiger partial charge in [-0.3, -0.25) is 14.4 Å². The summed E-state index contributed by atoms with van der Waals surface area (Å²) in [6.07, 6.45) is 0.573. The maximum atomic E-state index is 12.9. The molecule has 1 N–H and O–H groups in total. The molecule has 3 aromatic rings. The van der Waals surface area contributed by atoms with E-state index >= 15 is 0 Å². The van der Waals surface area contributed by atoms with Gasteiger partial charge in [0.05, 0.1) is 17.7 Å². The van der Waals surface area contributed by atoms with E-state index in [1.807, 2.05) is 0 Å². The van der Waals surface area contributed by atoms with Gasteiger partial charge in [-0.1, -0.05) is 24.3 Å². The van der Waals surface area contributed by atoms with Crippen molar-refractivity contribution < 1.29 is 23.9 Å². The Kier molecular flexibility index (Phi) is 5.16. The molecule has 1 aliphatic heterocycles. The monoisotopic (exact) mass is 420 g/mol. The second kappa shape index (κ2) is 7.92. The van der Waals surface area contributed by atoms with E-state index in [1.54, 1.807) is 60.8 Å². The standard InChI is InChI=1S/C22H16N2O5S/c1-2-29-22(28)18-17(13-7-9-14(10-8-13)23-12-25)11-30-21(18)24-19(26)15-5-3-4-6-16(15)20(24)27/h3-12H,2H2,1H3,(H,23,25). The van der Waals surface area contributed by atoms with E-state index in [9.17, 15) is 19.2 Å². The molecule has 7 nitrogen and oxygen atoms in total. The molecular weight excluding hydrogens is 404 g/mol. The number of carbonyl (C=O) groups excluding carboxylic acids is 4. The van der Waals surface area contributed by atoms with Gasteiger partial charge in [0.2, 0.25) is 6.41 Å². The van der Waals surface area contributed by atoms with Crippen LogP contribution >= 0.6 is 11.3 Å². The van der Waals surface area contributed by atoms with Gasteiger partial charge < -0.3 is 10.1 Å². The van der Waals surface area contributed by atoms with E-state index < -0.39 is 17.8 Å². The van der Waals surface area contributed by atoms with Gasteiger partial charge in [-0.05, 0) is 36.8 Å². The molecule has 0 spiro atoms. The van der Waals surface area contributed by atoms with Crippen molar-refractivity contribution in [3.8, 4) is 11.1 Å². The Morgan fingerprint density at radius 3 is 2.23 bits per heavy atom. The second-order valence-electron chi connectivity index (χ2n) is 6.38. The van der Waals surface area contributed by atoms with Gasteiger partial charge in [0, 0.05) is 16.6 Å². The SMILES string of the molecule is CCOC(=O)c1c(-c2ccc(NC=O)cc2)csc1N1C(=O)c2ccccc2C1=O. The van der Waals surface area contributed by atoms with Gasteiger partial charge in [-0.15, -0.1) is 11.3 Å². The number of anilines is 2. The van der Waals surface area contributed by atoms with E-state index in [-0.39, 0.29) is 17.2 Å². The largest absolute Gasteiger partial charge is 0.462 e. The average Bonchev–Trinajstić information content (AvgIpc) is 3.29. The lowest BCUT2D eigenvalue weighted by Gasteiger charge is -2.15. The molecule has 2 aromatic carbocycles. The average molecular weight is 420 g/mol. The molecule has 0 saturated carbocycles. The Morgan fingerprint density at radius 2 is 1.67 bits per heavy atom. The predicted molar refractivity (Wildman–Crippen MR) is 113 cm³/mol. The topological polar surface area (TPSA) is 92.8 Å². The third kappa shape index (κ3) is 3.17. The van der Waals surface area contributed by atoms with Crippen molar-refractivity contribution in [2.45, 2.75) is 6.92 Å². The summed E-state index contributed by atoms with van der Waals surface area (Å²) in [5, 5.41) is 4.49. The number of nitrogens with zero attached hydrogens (tertiary/aromatic N) is 1. The molecular formula is C22H16N2O5S. The number of hydrogen-bond donors (Lipinski definition) is 1. The van der Waals surface area contributed by atoms with Crippen LogP contribution in [-0.4, -0.2) is 30.8 Å². The molecule has 4 rings (SSSR count). The van der Waals surface area contributed by atoms with Gasteiger partial charge >= 0.3 is 5.97 Å². The van der Waals surface area contributed by atoms with E-state index in [4.69, 9.17) is 4.74 Å². The van der Waals surface area contributed by atoms with Crippen LogP contribution in [0.4, 0.5) is 10.7 Å². The smallest absolute Gasteiger partial charge is 0.341 e. The summed E-state index contributed by atoms with van der Waals surface area (Å²) in [5.74, 6) is -1.56. The Morgan fingerprint density at radius 1 is 1.03 bits per heavy atom. The Labute approximate surface area is 175 Å². The third-order valence-corrected chi connectivity index (χ3v) is 5.63. The number of nitrogens with one attached hydrogen (secondary N) is 1. The minimum atomic E-state index is -0.615. The molecule has 0 fully saturated rings. The summed E-state index contributed by atoms with van der Waals surface area (Å²) >= 11 is 1.13. The zero-order valence-corrected chi connectivity index (χ0v) is 16.7. The van der Waals surface area contributed by atoms with Crippen LogP contribution in [0.1, 0.15) is 38.0 Å². The molecule has 2 heterocycles. The number of imide groups is 1. The van der Waals surface area contributed by atoms with Crippen LogP contribution in [0.5, 0.6) is 0 Å². The fraction of sp³-hybridized carbons (Fsp3) is 0.0909. The molecule has 0 aliphatic carbocycles. The summed E-state index contributed by atoms with van der Waals surface area (Å²) in [5.41, 5.74) is 2.60. The zero-order valence-electron chi connectivity index (χ0n) is 15.9. The molecule has 1 aromatic heterocycles. The highest BCUT2D eigenvalue weighted by molar-refractivity contribution is 7.15. The van der Waals surface area contributed by atoms with Crippen LogP contribution in [0.3, 0.4) is 0 Å². The normalized spacial score (nSPS) is 12.6. The summed E-state index contributed by atoms with van der Waals surface area (Å²) in [6.45, 7) is 1.84. The highest BCUT2D eigenvalue weighted by Crippen LogP contribution is 2.41. The number of benzene rings is 2. The van der Waals surface area contributed by atoms with Crippen LogP contribution in [0.15, 0.2) is 53.9 Å². The van der Waals surface area contributed by atoms with E-state index in [1.165, 1.54) is 0 Å². The summed E-state index contributed by atoms with van der Waals surface area (Å²) in [7, 11) is 0. The Hall–Kier alpha value is -3.78. The van der Waals surface area contributed by atoms with Crippen LogP contribution in [0, 0.1) is 0 Å². The Balaban J connectivity index is 1.82. The predicted octanol–water partition coefficient (Wildman–Crippen LogP) is 3.96. The molecule has 3 amide bonds. The third-order valence-electron chi connectivity index (χ3n) is 4.67.